The molecule has 0 spiro atoms. The highest BCUT2D eigenvalue weighted by molar-refractivity contribution is 5.85. The van der Waals surface area contributed by atoms with Crippen LogP contribution in [0, 0.1) is 0 Å². The summed E-state index contributed by atoms with van der Waals surface area (Å²) in [6, 6.07) is 4.39. The highest BCUT2D eigenvalue weighted by Crippen LogP contribution is 2.08. The summed E-state index contributed by atoms with van der Waals surface area (Å²) in [5.41, 5.74) is 1.47. The van der Waals surface area contributed by atoms with E-state index in [4.69, 9.17) is 0 Å². The van der Waals surface area contributed by atoms with E-state index in [1.54, 1.807) is 0 Å². The first-order chi connectivity index (χ1) is 6.88. The van der Waals surface area contributed by atoms with Crippen LogP contribution in [0.2, 0.25) is 0 Å². The van der Waals surface area contributed by atoms with Gasteiger partial charge in [-0.3, -0.25) is 0 Å². The second kappa shape index (κ2) is 8.84. The van der Waals surface area contributed by atoms with Crippen molar-refractivity contribution in [1.29, 1.82) is 0 Å². The lowest BCUT2D eigenvalue weighted by Gasteiger charge is -2.07. The van der Waals surface area contributed by atoms with Crippen molar-refractivity contribution >= 4 is 12.4 Å². The van der Waals surface area contributed by atoms with E-state index in [0.29, 0.717) is 0 Å². The van der Waals surface area contributed by atoms with Crippen LogP contribution in [0.15, 0.2) is 18.3 Å². The van der Waals surface area contributed by atoms with E-state index < -0.39 is 0 Å². The molecule has 0 radical (unpaired) electrons. The maximum absolute atomic E-state index is 2.39. The molecule has 0 aromatic carbocycles. The van der Waals surface area contributed by atoms with Crippen molar-refractivity contribution in [2.75, 3.05) is 0 Å². The number of halogens is 1. The zero-order valence-electron chi connectivity index (χ0n) is 10.0. The van der Waals surface area contributed by atoms with Gasteiger partial charge in [0, 0.05) is 18.4 Å². The lowest BCUT2D eigenvalue weighted by atomic mass is 10.1. The summed E-state index contributed by atoms with van der Waals surface area (Å²) in [5.74, 6) is 0. The number of hydrogen-bond acceptors (Lipinski definition) is 0. The van der Waals surface area contributed by atoms with Crippen molar-refractivity contribution in [3.8, 4) is 0 Å². The van der Waals surface area contributed by atoms with Crippen molar-refractivity contribution < 1.29 is 0 Å². The van der Waals surface area contributed by atoms with Crippen LogP contribution in [0.25, 0.3) is 0 Å². The Bertz CT molecular complexity index is 242. The van der Waals surface area contributed by atoms with Gasteiger partial charge < -0.3 is 4.57 Å². The lowest BCUT2D eigenvalue weighted by molar-refractivity contribution is 0.559. The maximum Gasteiger partial charge on any atom is 0.0222 e. The van der Waals surface area contributed by atoms with Gasteiger partial charge in [-0.1, -0.05) is 39.5 Å². The molecule has 2 heteroatoms. The van der Waals surface area contributed by atoms with Crippen molar-refractivity contribution in [3.05, 3.63) is 24.0 Å². The summed E-state index contributed by atoms with van der Waals surface area (Å²) in [6.45, 7) is 5.70. The molecular weight excluding hydrogens is 206 g/mol. The van der Waals surface area contributed by atoms with E-state index in [1.165, 1.54) is 44.3 Å². The first-order valence-corrected chi connectivity index (χ1v) is 6.02. The van der Waals surface area contributed by atoms with Crippen LogP contribution in [-0.2, 0) is 13.0 Å². The Hall–Kier alpha value is -0.430. The average Bonchev–Trinajstić information content (AvgIpc) is 2.65. The summed E-state index contributed by atoms with van der Waals surface area (Å²) in [7, 11) is 0. The molecule has 1 heterocycles. The van der Waals surface area contributed by atoms with Crippen LogP contribution in [0.1, 0.15) is 51.6 Å². The molecule has 0 aliphatic carbocycles. The Kier molecular flexibility index (Phi) is 8.59. The van der Waals surface area contributed by atoms with Gasteiger partial charge in [-0.25, -0.2) is 0 Å². The van der Waals surface area contributed by atoms with Crippen LogP contribution in [0.4, 0.5) is 0 Å². The van der Waals surface area contributed by atoms with Gasteiger partial charge in [0.1, 0.15) is 0 Å². The van der Waals surface area contributed by atoms with E-state index in [2.05, 4.69) is 36.7 Å². The molecule has 0 fully saturated rings. The van der Waals surface area contributed by atoms with Crippen LogP contribution in [-0.4, -0.2) is 4.57 Å². The Morgan fingerprint density at radius 1 is 1.07 bits per heavy atom. The highest BCUT2D eigenvalue weighted by atomic mass is 35.5. The zero-order valence-corrected chi connectivity index (χ0v) is 10.9. The van der Waals surface area contributed by atoms with E-state index in [9.17, 15) is 0 Å². The zero-order chi connectivity index (χ0) is 10.2. The molecule has 88 valence electrons. The molecule has 0 saturated carbocycles. The molecule has 1 aromatic heterocycles. The van der Waals surface area contributed by atoms with Crippen molar-refractivity contribution in [3.63, 3.8) is 0 Å². The normalized spacial score (nSPS) is 10.0. The van der Waals surface area contributed by atoms with Gasteiger partial charge in [0.05, 0.1) is 0 Å². The average molecular weight is 230 g/mol. The van der Waals surface area contributed by atoms with Gasteiger partial charge in [0.25, 0.3) is 0 Å². The molecule has 1 aromatic rings. The monoisotopic (exact) mass is 229 g/mol. The Morgan fingerprint density at radius 3 is 2.47 bits per heavy atom. The minimum Gasteiger partial charge on any atom is -0.351 e. The Balaban J connectivity index is 0.00000196. The van der Waals surface area contributed by atoms with Gasteiger partial charge >= 0.3 is 0 Å². The number of aryl methyl sites for hydroxylation is 2. The molecular formula is C13H24ClN. The van der Waals surface area contributed by atoms with Gasteiger partial charge in [-0.15, -0.1) is 12.4 Å². The van der Waals surface area contributed by atoms with Gasteiger partial charge in [0.15, 0.2) is 0 Å². The number of nitrogens with zero attached hydrogens (tertiary/aromatic N) is 1. The summed E-state index contributed by atoms with van der Waals surface area (Å²) < 4.78 is 2.39. The largest absolute Gasteiger partial charge is 0.351 e. The van der Waals surface area contributed by atoms with Crippen molar-refractivity contribution in [2.45, 2.75) is 58.9 Å². The third-order valence-electron chi connectivity index (χ3n) is 2.79. The SMILES string of the molecule is CCCCCCCn1cccc1CC.Cl. The molecule has 0 unspecified atom stereocenters. The van der Waals surface area contributed by atoms with Crippen LogP contribution in [0.3, 0.4) is 0 Å². The molecule has 0 atom stereocenters. The molecule has 15 heavy (non-hydrogen) atoms. The lowest BCUT2D eigenvalue weighted by Crippen LogP contribution is -2.00. The predicted octanol–water partition coefficient (Wildman–Crippen LogP) is 4.44. The van der Waals surface area contributed by atoms with Crippen molar-refractivity contribution in [1.82, 2.24) is 4.57 Å². The van der Waals surface area contributed by atoms with E-state index >= 15 is 0 Å². The first kappa shape index (κ1) is 14.6. The fourth-order valence-corrected chi connectivity index (χ4v) is 1.87. The molecule has 0 aliphatic heterocycles. The molecule has 0 amide bonds. The number of aromatic nitrogens is 1. The van der Waals surface area contributed by atoms with Gasteiger partial charge in [-0.05, 0) is 25.0 Å². The smallest absolute Gasteiger partial charge is 0.0222 e. The summed E-state index contributed by atoms with van der Waals surface area (Å²) in [5, 5.41) is 0. The predicted molar refractivity (Wildman–Crippen MR) is 69.8 cm³/mol. The highest BCUT2D eigenvalue weighted by Gasteiger charge is 1.97. The number of unbranched alkanes of at least 4 members (excludes halogenated alkanes) is 4. The van der Waals surface area contributed by atoms with E-state index in [1.807, 2.05) is 0 Å². The summed E-state index contributed by atoms with van der Waals surface area (Å²) in [6.07, 6.45) is 10.2. The first-order valence-electron chi connectivity index (χ1n) is 6.02. The molecule has 1 rings (SSSR count). The standard InChI is InChI=1S/C13H23N.ClH/c1-3-5-6-7-8-11-14-12-9-10-13(14)4-2;/h9-10,12H,3-8,11H2,1-2H3;1H. The molecule has 0 N–H and O–H groups in total. The second-order valence-electron chi connectivity index (χ2n) is 3.96. The molecule has 0 aliphatic rings. The Morgan fingerprint density at radius 2 is 1.80 bits per heavy atom. The van der Waals surface area contributed by atoms with Crippen LogP contribution < -0.4 is 0 Å². The summed E-state index contributed by atoms with van der Waals surface area (Å²) in [4.78, 5) is 0. The number of hydrogen-bond donors (Lipinski definition) is 0. The van der Waals surface area contributed by atoms with E-state index in [0.717, 1.165) is 6.42 Å². The van der Waals surface area contributed by atoms with Gasteiger partial charge in [0.2, 0.25) is 0 Å². The van der Waals surface area contributed by atoms with E-state index in [-0.39, 0.29) is 12.4 Å². The third-order valence-corrected chi connectivity index (χ3v) is 2.79. The second-order valence-corrected chi connectivity index (χ2v) is 3.96. The van der Waals surface area contributed by atoms with Gasteiger partial charge in [-0.2, -0.15) is 0 Å². The van der Waals surface area contributed by atoms with Crippen molar-refractivity contribution in [2.24, 2.45) is 0 Å². The minimum absolute atomic E-state index is 0. The summed E-state index contributed by atoms with van der Waals surface area (Å²) >= 11 is 0. The molecule has 1 nitrogen and oxygen atoms in total. The quantitative estimate of drug-likeness (QED) is 0.609. The topological polar surface area (TPSA) is 4.93 Å². The fraction of sp³-hybridized carbons (Fsp3) is 0.692. The molecule has 0 saturated heterocycles. The maximum atomic E-state index is 2.39. The van der Waals surface area contributed by atoms with Crippen LogP contribution in [0.5, 0.6) is 0 Å². The molecule has 0 bridgehead atoms. The minimum atomic E-state index is 0. The fourth-order valence-electron chi connectivity index (χ4n) is 1.87. The van der Waals surface area contributed by atoms with Crippen LogP contribution >= 0.6 is 12.4 Å². The third kappa shape index (κ3) is 5.27. The Labute approximate surface area is 100 Å². The number of rotatable bonds is 7.